The average Bonchev–Trinajstić information content (AvgIpc) is 3.06. The number of aryl methyl sites for hydroxylation is 2. The molecule has 0 spiro atoms. The van der Waals surface area contributed by atoms with Crippen LogP contribution in [-0.2, 0) is 0 Å². The van der Waals surface area contributed by atoms with Crippen LogP contribution in [0.2, 0.25) is 0 Å². The molecule has 0 fully saturated rings. The van der Waals surface area contributed by atoms with Crippen molar-refractivity contribution >= 4 is 17.8 Å². The van der Waals surface area contributed by atoms with Crippen LogP contribution < -0.4 is 5.32 Å². The molecule has 3 aromatic rings. The van der Waals surface area contributed by atoms with E-state index in [1.165, 1.54) is 4.68 Å². The molecular weight excluding hydrogens is 280 g/mol. The number of hydrogen-bond acceptors (Lipinski definition) is 11. The Bertz CT molecular complexity index is 773. The fraction of sp³-hybridized carbons (Fsp3) is 0.250. The van der Waals surface area contributed by atoms with Gasteiger partial charge in [-0.1, -0.05) is 0 Å². The lowest BCUT2D eigenvalue weighted by Gasteiger charge is -2.00. The van der Waals surface area contributed by atoms with E-state index >= 15 is 0 Å². The van der Waals surface area contributed by atoms with Crippen LogP contribution >= 0.6 is 0 Å². The van der Waals surface area contributed by atoms with Crippen molar-refractivity contribution in [2.24, 2.45) is 5.18 Å². The zero-order chi connectivity index (χ0) is 14.8. The van der Waals surface area contributed by atoms with Crippen LogP contribution in [0, 0.1) is 18.8 Å². The van der Waals surface area contributed by atoms with E-state index in [0.29, 0.717) is 17.6 Å². The van der Waals surface area contributed by atoms with Crippen molar-refractivity contribution in [3.05, 3.63) is 16.6 Å². The van der Waals surface area contributed by atoms with Crippen LogP contribution in [0.15, 0.2) is 5.18 Å². The highest BCUT2D eigenvalue weighted by molar-refractivity contribution is 5.39. The number of nitrogens with one attached hydrogen (secondary N) is 2. The zero-order valence-electron chi connectivity index (χ0n) is 10.9. The van der Waals surface area contributed by atoms with Gasteiger partial charge in [-0.05, 0) is 13.8 Å². The first kappa shape index (κ1) is 12.6. The first-order chi connectivity index (χ1) is 10.2. The molecule has 3 rings (SSSR count). The monoisotopic (exact) mass is 288 g/mol. The van der Waals surface area contributed by atoms with Gasteiger partial charge in [0.1, 0.15) is 11.6 Å². The molecule has 0 aromatic carbocycles. The third-order valence-corrected chi connectivity index (χ3v) is 2.32. The van der Waals surface area contributed by atoms with Crippen molar-refractivity contribution in [3.63, 3.8) is 0 Å². The van der Waals surface area contributed by atoms with Crippen molar-refractivity contribution < 1.29 is 0 Å². The predicted octanol–water partition coefficient (Wildman–Crippen LogP) is -0.276. The summed E-state index contributed by atoms with van der Waals surface area (Å²) in [6, 6.07) is 0. The van der Waals surface area contributed by atoms with Gasteiger partial charge in [0, 0.05) is 5.18 Å². The van der Waals surface area contributed by atoms with Crippen molar-refractivity contribution in [2.75, 3.05) is 5.32 Å². The number of rotatable bonds is 4. The number of aromatic amines is 1. The van der Waals surface area contributed by atoms with Crippen molar-refractivity contribution in [3.8, 4) is 5.95 Å². The van der Waals surface area contributed by atoms with E-state index < -0.39 is 0 Å². The van der Waals surface area contributed by atoms with Crippen molar-refractivity contribution in [2.45, 2.75) is 13.8 Å². The quantitative estimate of drug-likeness (QED) is 0.609. The molecule has 3 heterocycles. The maximum atomic E-state index is 10.4. The van der Waals surface area contributed by atoms with Crippen molar-refractivity contribution in [1.82, 2.24) is 50.3 Å². The second-order valence-corrected chi connectivity index (χ2v) is 3.84. The Morgan fingerprint density at radius 1 is 1.14 bits per heavy atom. The smallest absolute Gasteiger partial charge is 0.290 e. The summed E-state index contributed by atoms with van der Waals surface area (Å²) in [7, 11) is 0. The van der Waals surface area contributed by atoms with Gasteiger partial charge in [-0.3, -0.25) is 5.32 Å². The SMILES string of the molecule is Cc1n[nH]c(Nc2nnc(-n3nc(N=O)nc3C)nn2)n1. The minimum atomic E-state index is -0.213. The lowest BCUT2D eigenvalue weighted by Crippen LogP contribution is -2.10. The van der Waals surface area contributed by atoms with E-state index in [4.69, 9.17) is 0 Å². The van der Waals surface area contributed by atoms with Gasteiger partial charge in [0.2, 0.25) is 5.95 Å². The summed E-state index contributed by atoms with van der Waals surface area (Å²) >= 11 is 0. The summed E-state index contributed by atoms with van der Waals surface area (Å²) in [4.78, 5) is 18.2. The molecule has 0 saturated carbocycles. The molecule has 0 bridgehead atoms. The van der Waals surface area contributed by atoms with Crippen LogP contribution in [0.1, 0.15) is 11.6 Å². The van der Waals surface area contributed by atoms with E-state index in [2.05, 4.69) is 56.2 Å². The summed E-state index contributed by atoms with van der Waals surface area (Å²) in [6.45, 7) is 3.35. The zero-order valence-corrected chi connectivity index (χ0v) is 10.9. The van der Waals surface area contributed by atoms with Gasteiger partial charge in [-0.2, -0.15) is 19.7 Å². The Morgan fingerprint density at radius 3 is 2.48 bits per heavy atom. The largest absolute Gasteiger partial charge is 0.310 e. The standard InChI is InChI=1S/C8H8N12O/c1-3-9-5(13-12-3)11-6-14-16-8(17-15-6)20-4(2)10-7(18-20)19-21/h1-2H3,(H2,9,11,12,13,14,15). The number of anilines is 2. The first-order valence-corrected chi connectivity index (χ1v) is 5.66. The first-order valence-electron chi connectivity index (χ1n) is 5.66. The molecular formula is C8H8N12O. The lowest BCUT2D eigenvalue weighted by molar-refractivity contribution is 0.715. The van der Waals surface area contributed by atoms with Crippen LogP contribution in [0.3, 0.4) is 0 Å². The maximum Gasteiger partial charge on any atom is 0.310 e. The molecule has 3 aromatic heterocycles. The van der Waals surface area contributed by atoms with Crippen LogP contribution in [0.4, 0.5) is 17.8 Å². The summed E-state index contributed by atoms with van der Waals surface area (Å²) in [5, 5.41) is 30.9. The molecule has 13 heteroatoms. The fourth-order valence-corrected chi connectivity index (χ4v) is 1.47. The second-order valence-electron chi connectivity index (χ2n) is 3.84. The molecule has 0 aliphatic heterocycles. The number of nitroso groups, excluding NO2 is 1. The Labute approximate surface area is 116 Å². The summed E-state index contributed by atoms with van der Waals surface area (Å²) < 4.78 is 1.21. The molecule has 0 atom stereocenters. The molecule has 0 aliphatic rings. The number of aromatic nitrogens is 10. The van der Waals surface area contributed by atoms with Gasteiger partial charge in [0.05, 0.1) is 0 Å². The Balaban J connectivity index is 1.83. The normalized spacial score (nSPS) is 10.6. The summed E-state index contributed by atoms with van der Waals surface area (Å²) in [5.74, 6) is 1.31. The van der Waals surface area contributed by atoms with Gasteiger partial charge in [0.25, 0.3) is 11.9 Å². The third-order valence-electron chi connectivity index (χ3n) is 2.32. The van der Waals surface area contributed by atoms with E-state index in [1.807, 2.05) is 0 Å². The number of nitrogens with zero attached hydrogens (tertiary/aromatic N) is 10. The van der Waals surface area contributed by atoms with Crippen LogP contribution in [0.5, 0.6) is 0 Å². The Morgan fingerprint density at radius 2 is 1.90 bits per heavy atom. The molecule has 2 N–H and O–H groups in total. The summed E-state index contributed by atoms with van der Waals surface area (Å²) in [5.41, 5.74) is 0. The Kier molecular flexibility index (Phi) is 2.98. The Hall–Kier alpha value is -3.38. The molecule has 13 nitrogen and oxygen atoms in total. The maximum absolute atomic E-state index is 10.4. The van der Waals surface area contributed by atoms with E-state index in [9.17, 15) is 4.91 Å². The van der Waals surface area contributed by atoms with Gasteiger partial charge in [-0.25, -0.2) is 5.10 Å². The number of hydrogen-bond donors (Lipinski definition) is 2. The highest BCUT2D eigenvalue weighted by atomic mass is 16.3. The van der Waals surface area contributed by atoms with Gasteiger partial charge in [-0.15, -0.1) is 30.4 Å². The molecule has 0 saturated heterocycles. The van der Waals surface area contributed by atoms with Gasteiger partial charge in [0.15, 0.2) is 0 Å². The van der Waals surface area contributed by atoms with Crippen LogP contribution in [0.25, 0.3) is 5.95 Å². The highest BCUT2D eigenvalue weighted by Gasteiger charge is 2.12. The fourth-order valence-electron chi connectivity index (χ4n) is 1.47. The van der Waals surface area contributed by atoms with Gasteiger partial charge < -0.3 is 0 Å². The molecule has 106 valence electrons. The molecule has 0 radical (unpaired) electrons. The van der Waals surface area contributed by atoms with Crippen LogP contribution in [-0.4, -0.2) is 50.3 Å². The minimum Gasteiger partial charge on any atom is -0.290 e. The second kappa shape index (κ2) is 4.95. The molecule has 21 heavy (non-hydrogen) atoms. The summed E-state index contributed by atoms with van der Waals surface area (Å²) in [6.07, 6.45) is 0. The third kappa shape index (κ3) is 2.51. The highest BCUT2D eigenvalue weighted by Crippen LogP contribution is 2.09. The molecule has 0 amide bonds. The molecule has 0 unspecified atom stereocenters. The average molecular weight is 288 g/mol. The minimum absolute atomic E-state index is 0.0641. The predicted molar refractivity (Wildman–Crippen MR) is 67.1 cm³/mol. The van der Waals surface area contributed by atoms with E-state index in [-0.39, 0.29) is 17.8 Å². The van der Waals surface area contributed by atoms with Crippen molar-refractivity contribution in [1.29, 1.82) is 0 Å². The topological polar surface area (TPSA) is 165 Å². The molecule has 0 aliphatic carbocycles. The van der Waals surface area contributed by atoms with Gasteiger partial charge >= 0.3 is 5.95 Å². The van der Waals surface area contributed by atoms with E-state index in [1.54, 1.807) is 13.8 Å². The number of H-pyrrole nitrogens is 1. The van der Waals surface area contributed by atoms with E-state index in [0.717, 1.165) is 0 Å². The lowest BCUT2D eigenvalue weighted by atomic mass is 10.7.